The van der Waals surface area contributed by atoms with E-state index >= 15 is 0 Å². The Balaban J connectivity index is 4.13. The van der Waals surface area contributed by atoms with Gasteiger partial charge in [0.15, 0.2) is 0 Å². The second-order valence-corrected chi connectivity index (χ2v) is 6.03. The first kappa shape index (κ1) is 12.4. The van der Waals surface area contributed by atoms with E-state index in [1.165, 1.54) is 0 Å². The summed E-state index contributed by atoms with van der Waals surface area (Å²) in [5, 5.41) is 4.65. The SMILES string of the molecule is CC(C)(C)CN(CC(C)(C)C)N=O. The lowest BCUT2D eigenvalue weighted by Gasteiger charge is -2.30. The Labute approximate surface area is 81.4 Å². The number of rotatable bonds is 3. The number of hydrogen-bond donors (Lipinski definition) is 0. The van der Waals surface area contributed by atoms with Crippen LogP contribution in [0.25, 0.3) is 0 Å². The van der Waals surface area contributed by atoms with E-state index in [1.807, 2.05) is 0 Å². The molecule has 0 spiro atoms. The number of nitrogens with zero attached hydrogens (tertiary/aromatic N) is 2. The summed E-state index contributed by atoms with van der Waals surface area (Å²) in [7, 11) is 0. The van der Waals surface area contributed by atoms with Crippen molar-refractivity contribution < 1.29 is 0 Å². The molecule has 0 atom stereocenters. The van der Waals surface area contributed by atoms with Gasteiger partial charge >= 0.3 is 0 Å². The highest BCUT2D eigenvalue weighted by Gasteiger charge is 2.21. The molecule has 0 bridgehead atoms. The van der Waals surface area contributed by atoms with Crippen LogP contribution in [0.4, 0.5) is 0 Å². The minimum atomic E-state index is 0.124. The molecule has 0 heterocycles. The molecule has 0 rings (SSSR count). The molecule has 0 aliphatic rings. The summed E-state index contributed by atoms with van der Waals surface area (Å²) in [5.74, 6) is 0. The van der Waals surface area contributed by atoms with Gasteiger partial charge < -0.3 is 0 Å². The zero-order valence-electron chi connectivity index (χ0n) is 9.72. The van der Waals surface area contributed by atoms with Gasteiger partial charge in [-0.3, -0.25) is 5.01 Å². The quantitative estimate of drug-likeness (QED) is 0.501. The summed E-state index contributed by atoms with van der Waals surface area (Å²) in [6, 6.07) is 0. The van der Waals surface area contributed by atoms with Crippen LogP contribution in [0.1, 0.15) is 41.5 Å². The third kappa shape index (κ3) is 7.75. The fraction of sp³-hybridized carbons (Fsp3) is 1.00. The van der Waals surface area contributed by atoms with Crippen LogP contribution < -0.4 is 0 Å². The van der Waals surface area contributed by atoms with E-state index in [9.17, 15) is 4.91 Å². The monoisotopic (exact) mass is 186 g/mol. The first-order valence-corrected chi connectivity index (χ1v) is 4.72. The molecule has 3 nitrogen and oxygen atoms in total. The van der Waals surface area contributed by atoms with Gasteiger partial charge in [0.05, 0.1) is 5.29 Å². The van der Waals surface area contributed by atoms with Crippen LogP contribution in [0.3, 0.4) is 0 Å². The number of nitroso groups, excluding NO2 is 1. The molecule has 0 fully saturated rings. The van der Waals surface area contributed by atoms with Crippen LogP contribution >= 0.6 is 0 Å². The van der Waals surface area contributed by atoms with Crippen molar-refractivity contribution in [2.75, 3.05) is 13.1 Å². The van der Waals surface area contributed by atoms with Crippen molar-refractivity contribution >= 4 is 0 Å². The smallest absolute Gasteiger partial charge is 0.0524 e. The minimum Gasteiger partial charge on any atom is -0.260 e. The highest BCUT2D eigenvalue weighted by Crippen LogP contribution is 2.20. The Morgan fingerprint density at radius 1 is 0.923 bits per heavy atom. The van der Waals surface area contributed by atoms with Gasteiger partial charge in [-0.1, -0.05) is 41.5 Å². The van der Waals surface area contributed by atoms with Gasteiger partial charge in [-0.05, 0) is 10.8 Å². The Morgan fingerprint density at radius 3 is 1.38 bits per heavy atom. The third-order valence-electron chi connectivity index (χ3n) is 1.43. The van der Waals surface area contributed by atoms with Crippen molar-refractivity contribution in [2.24, 2.45) is 16.1 Å². The van der Waals surface area contributed by atoms with Crippen LogP contribution in [0.5, 0.6) is 0 Å². The predicted octanol–water partition coefficient (Wildman–Crippen LogP) is 3.06. The van der Waals surface area contributed by atoms with E-state index in [4.69, 9.17) is 0 Å². The minimum absolute atomic E-state index is 0.124. The molecule has 0 aromatic rings. The van der Waals surface area contributed by atoms with Crippen molar-refractivity contribution in [3.63, 3.8) is 0 Å². The van der Waals surface area contributed by atoms with E-state index in [0.29, 0.717) is 13.1 Å². The van der Waals surface area contributed by atoms with Crippen molar-refractivity contribution in [2.45, 2.75) is 41.5 Å². The summed E-state index contributed by atoms with van der Waals surface area (Å²) < 4.78 is 0. The van der Waals surface area contributed by atoms with Crippen LogP contribution in [-0.2, 0) is 0 Å². The summed E-state index contributed by atoms with van der Waals surface area (Å²) in [6.45, 7) is 14.1. The Morgan fingerprint density at radius 2 is 1.23 bits per heavy atom. The Kier molecular flexibility index (Phi) is 3.88. The summed E-state index contributed by atoms with van der Waals surface area (Å²) in [4.78, 5) is 10.5. The van der Waals surface area contributed by atoms with Gasteiger partial charge in [0.1, 0.15) is 0 Å². The van der Waals surface area contributed by atoms with Gasteiger partial charge in [-0.2, -0.15) is 0 Å². The van der Waals surface area contributed by atoms with Crippen molar-refractivity contribution in [1.82, 2.24) is 5.01 Å². The number of hydrogen-bond acceptors (Lipinski definition) is 2. The molecule has 0 aromatic carbocycles. The van der Waals surface area contributed by atoms with Gasteiger partial charge in [-0.15, -0.1) is 4.91 Å². The van der Waals surface area contributed by atoms with E-state index < -0.39 is 0 Å². The van der Waals surface area contributed by atoms with Crippen LogP contribution in [-0.4, -0.2) is 18.1 Å². The first-order valence-electron chi connectivity index (χ1n) is 4.72. The van der Waals surface area contributed by atoms with E-state index in [-0.39, 0.29) is 10.8 Å². The average Bonchev–Trinajstić information content (AvgIpc) is 1.79. The topological polar surface area (TPSA) is 32.7 Å². The van der Waals surface area contributed by atoms with Gasteiger partial charge in [-0.25, -0.2) is 0 Å². The molecule has 0 aliphatic carbocycles. The standard InChI is InChI=1S/C10H22N2O/c1-9(2,3)7-12(11-13)8-10(4,5)6/h7-8H2,1-6H3. The maximum absolute atomic E-state index is 10.5. The molecule has 0 unspecified atom stereocenters. The van der Waals surface area contributed by atoms with E-state index in [0.717, 1.165) is 0 Å². The van der Waals surface area contributed by atoms with Gasteiger partial charge in [0.25, 0.3) is 0 Å². The molecular weight excluding hydrogens is 164 g/mol. The third-order valence-corrected chi connectivity index (χ3v) is 1.43. The zero-order valence-corrected chi connectivity index (χ0v) is 9.72. The second-order valence-electron chi connectivity index (χ2n) is 6.03. The van der Waals surface area contributed by atoms with Crippen LogP contribution in [0, 0.1) is 15.7 Å². The fourth-order valence-corrected chi connectivity index (χ4v) is 1.21. The van der Waals surface area contributed by atoms with Crippen molar-refractivity contribution in [3.05, 3.63) is 4.91 Å². The van der Waals surface area contributed by atoms with Crippen LogP contribution in [0.2, 0.25) is 0 Å². The predicted molar refractivity (Wildman–Crippen MR) is 56.3 cm³/mol. The molecule has 0 aromatic heterocycles. The first-order chi connectivity index (χ1) is 5.64. The normalized spacial score (nSPS) is 12.8. The lowest BCUT2D eigenvalue weighted by molar-refractivity contribution is 0.144. The highest BCUT2D eigenvalue weighted by atomic mass is 16.3. The molecule has 13 heavy (non-hydrogen) atoms. The Bertz CT molecular complexity index is 149. The molecule has 0 amide bonds. The van der Waals surface area contributed by atoms with Crippen molar-refractivity contribution in [1.29, 1.82) is 0 Å². The molecular formula is C10H22N2O. The molecule has 3 heteroatoms. The van der Waals surface area contributed by atoms with E-state index in [1.54, 1.807) is 5.01 Å². The molecule has 0 N–H and O–H groups in total. The maximum atomic E-state index is 10.5. The Hall–Kier alpha value is -0.600. The molecule has 78 valence electrons. The zero-order chi connectivity index (χ0) is 10.7. The van der Waals surface area contributed by atoms with Crippen LogP contribution in [0.15, 0.2) is 5.29 Å². The molecule has 0 saturated heterocycles. The summed E-state index contributed by atoms with van der Waals surface area (Å²) >= 11 is 0. The summed E-state index contributed by atoms with van der Waals surface area (Å²) in [5.41, 5.74) is 0.248. The van der Waals surface area contributed by atoms with Crippen molar-refractivity contribution in [3.8, 4) is 0 Å². The molecule has 0 radical (unpaired) electrons. The highest BCUT2D eigenvalue weighted by molar-refractivity contribution is 4.71. The van der Waals surface area contributed by atoms with Gasteiger partial charge in [0, 0.05) is 13.1 Å². The largest absolute Gasteiger partial charge is 0.260 e. The van der Waals surface area contributed by atoms with E-state index in [2.05, 4.69) is 46.8 Å². The summed E-state index contributed by atoms with van der Waals surface area (Å²) in [6.07, 6.45) is 0. The lowest BCUT2D eigenvalue weighted by Crippen LogP contribution is -2.34. The average molecular weight is 186 g/mol. The lowest BCUT2D eigenvalue weighted by atomic mass is 9.93. The fourth-order valence-electron chi connectivity index (χ4n) is 1.21. The van der Waals surface area contributed by atoms with Gasteiger partial charge in [0.2, 0.25) is 0 Å². The maximum Gasteiger partial charge on any atom is 0.0524 e. The second kappa shape index (κ2) is 4.07. The molecule has 0 aliphatic heterocycles. The molecule has 0 saturated carbocycles.